The molecule has 0 atom stereocenters. The molecule has 0 heterocycles. The van der Waals surface area contributed by atoms with Crippen LogP contribution in [0, 0.1) is 12.3 Å². The van der Waals surface area contributed by atoms with Crippen molar-refractivity contribution in [1.82, 2.24) is 5.32 Å². The van der Waals surface area contributed by atoms with Crippen LogP contribution in [-0.4, -0.2) is 18.3 Å². The molecule has 1 aromatic rings. The first-order valence-corrected chi connectivity index (χ1v) is 7.60. The summed E-state index contributed by atoms with van der Waals surface area (Å²) in [7, 11) is 0. The van der Waals surface area contributed by atoms with Crippen molar-refractivity contribution in [2.75, 3.05) is 12.4 Å². The van der Waals surface area contributed by atoms with E-state index in [1.54, 1.807) is 0 Å². The van der Waals surface area contributed by atoms with Gasteiger partial charge in [0.05, 0.1) is 0 Å². The van der Waals surface area contributed by atoms with Gasteiger partial charge in [-0.1, -0.05) is 37.0 Å². The standard InChI is InChI=1S/C16H22ClNO/c1-13-5-7-14(8-6-13)15(19)18-12-16(11-17)9-3-2-4-10-16/h5-8H,2-4,9-12H2,1H3,(H,18,19). The zero-order valence-corrected chi connectivity index (χ0v) is 12.3. The Morgan fingerprint density at radius 3 is 2.42 bits per heavy atom. The van der Waals surface area contributed by atoms with Gasteiger partial charge in [-0.3, -0.25) is 4.79 Å². The summed E-state index contributed by atoms with van der Waals surface area (Å²) >= 11 is 6.14. The molecule has 1 amide bonds. The molecule has 1 aromatic carbocycles. The van der Waals surface area contributed by atoms with E-state index in [-0.39, 0.29) is 11.3 Å². The van der Waals surface area contributed by atoms with Crippen molar-refractivity contribution in [3.05, 3.63) is 35.4 Å². The van der Waals surface area contributed by atoms with Crippen LogP contribution in [0.25, 0.3) is 0 Å². The molecule has 0 bridgehead atoms. The molecule has 1 aliphatic carbocycles. The zero-order valence-electron chi connectivity index (χ0n) is 11.5. The number of rotatable bonds is 4. The Hall–Kier alpha value is -1.02. The van der Waals surface area contributed by atoms with Crippen molar-refractivity contribution < 1.29 is 4.79 Å². The molecule has 104 valence electrons. The number of carbonyl (C=O) groups is 1. The molecule has 1 fully saturated rings. The molecular formula is C16H22ClNO. The van der Waals surface area contributed by atoms with E-state index in [0.29, 0.717) is 12.4 Å². The number of hydrogen-bond acceptors (Lipinski definition) is 1. The number of nitrogens with one attached hydrogen (secondary N) is 1. The quantitative estimate of drug-likeness (QED) is 0.832. The Labute approximate surface area is 120 Å². The molecule has 0 aromatic heterocycles. The zero-order chi connectivity index (χ0) is 13.7. The molecule has 1 aliphatic rings. The largest absolute Gasteiger partial charge is 0.351 e. The van der Waals surface area contributed by atoms with E-state index < -0.39 is 0 Å². The number of benzene rings is 1. The SMILES string of the molecule is Cc1ccc(C(=O)NCC2(CCl)CCCCC2)cc1. The Balaban J connectivity index is 1.93. The molecule has 3 heteroatoms. The third-order valence-electron chi connectivity index (χ3n) is 4.14. The minimum absolute atomic E-state index is 0.00932. The number of hydrogen-bond donors (Lipinski definition) is 1. The fraction of sp³-hybridized carbons (Fsp3) is 0.562. The number of amides is 1. The Morgan fingerprint density at radius 2 is 1.84 bits per heavy atom. The maximum atomic E-state index is 12.1. The van der Waals surface area contributed by atoms with E-state index in [1.165, 1.54) is 24.8 Å². The van der Waals surface area contributed by atoms with Crippen LogP contribution in [0.4, 0.5) is 0 Å². The van der Waals surface area contributed by atoms with Gasteiger partial charge in [0.15, 0.2) is 0 Å². The highest BCUT2D eigenvalue weighted by atomic mass is 35.5. The summed E-state index contributed by atoms with van der Waals surface area (Å²) in [5.41, 5.74) is 2.01. The van der Waals surface area contributed by atoms with Gasteiger partial charge in [0, 0.05) is 23.4 Å². The van der Waals surface area contributed by atoms with Gasteiger partial charge < -0.3 is 5.32 Å². The highest BCUT2D eigenvalue weighted by Gasteiger charge is 2.31. The average molecular weight is 280 g/mol. The summed E-state index contributed by atoms with van der Waals surface area (Å²) < 4.78 is 0. The average Bonchev–Trinajstić information content (AvgIpc) is 2.46. The monoisotopic (exact) mass is 279 g/mol. The summed E-state index contributed by atoms with van der Waals surface area (Å²) in [4.78, 5) is 12.1. The molecule has 2 rings (SSSR count). The Morgan fingerprint density at radius 1 is 1.21 bits per heavy atom. The van der Waals surface area contributed by atoms with Gasteiger partial charge in [-0.25, -0.2) is 0 Å². The van der Waals surface area contributed by atoms with Gasteiger partial charge in [0.2, 0.25) is 0 Å². The van der Waals surface area contributed by atoms with Crippen molar-refractivity contribution >= 4 is 17.5 Å². The predicted octanol–water partition coefficient (Wildman–Crippen LogP) is 3.91. The summed E-state index contributed by atoms with van der Waals surface area (Å²) in [5, 5.41) is 3.06. The van der Waals surface area contributed by atoms with Crippen LogP contribution in [0.1, 0.15) is 48.0 Å². The summed E-state index contributed by atoms with van der Waals surface area (Å²) in [6.07, 6.45) is 6.01. The number of aryl methyl sites for hydroxylation is 1. The molecule has 0 aliphatic heterocycles. The fourth-order valence-electron chi connectivity index (χ4n) is 2.73. The Bertz CT molecular complexity index is 421. The van der Waals surface area contributed by atoms with Crippen molar-refractivity contribution in [2.45, 2.75) is 39.0 Å². The summed E-state index contributed by atoms with van der Waals surface area (Å²) in [6.45, 7) is 2.72. The second-order valence-electron chi connectivity index (χ2n) is 5.74. The van der Waals surface area contributed by atoms with E-state index in [0.717, 1.165) is 18.4 Å². The smallest absolute Gasteiger partial charge is 0.251 e. The number of halogens is 1. The van der Waals surface area contributed by atoms with Crippen LogP contribution in [-0.2, 0) is 0 Å². The normalized spacial score (nSPS) is 18.0. The Kier molecular flexibility index (Phi) is 4.87. The summed E-state index contributed by atoms with van der Waals surface area (Å²) in [6, 6.07) is 7.68. The topological polar surface area (TPSA) is 29.1 Å². The first-order valence-electron chi connectivity index (χ1n) is 7.06. The minimum atomic E-state index is 0.00932. The van der Waals surface area contributed by atoms with E-state index in [9.17, 15) is 4.79 Å². The van der Waals surface area contributed by atoms with Crippen LogP contribution in [0.5, 0.6) is 0 Å². The van der Waals surface area contributed by atoms with E-state index in [4.69, 9.17) is 11.6 Å². The first-order chi connectivity index (χ1) is 9.15. The minimum Gasteiger partial charge on any atom is -0.351 e. The van der Waals surface area contributed by atoms with Crippen LogP contribution in [0.15, 0.2) is 24.3 Å². The first kappa shape index (κ1) is 14.4. The third kappa shape index (κ3) is 3.73. The maximum absolute atomic E-state index is 12.1. The van der Waals surface area contributed by atoms with Gasteiger partial charge in [-0.2, -0.15) is 0 Å². The molecule has 0 unspecified atom stereocenters. The molecule has 0 radical (unpaired) electrons. The molecular weight excluding hydrogens is 258 g/mol. The molecule has 1 saturated carbocycles. The van der Waals surface area contributed by atoms with E-state index >= 15 is 0 Å². The fourth-order valence-corrected chi connectivity index (χ4v) is 3.10. The molecule has 0 spiro atoms. The molecule has 1 N–H and O–H groups in total. The van der Waals surface area contributed by atoms with Gasteiger partial charge in [-0.05, 0) is 31.9 Å². The van der Waals surface area contributed by atoms with Gasteiger partial charge in [0.1, 0.15) is 0 Å². The number of carbonyl (C=O) groups excluding carboxylic acids is 1. The van der Waals surface area contributed by atoms with Crippen LogP contribution in [0.2, 0.25) is 0 Å². The maximum Gasteiger partial charge on any atom is 0.251 e. The molecule has 0 saturated heterocycles. The second kappa shape index (κ2) is 6.42. The van der Waals surface area contributed by atoms with Crippen LogP contribution in [0.3, 0.4) is 0 Å². The lowest BCUT2D eigenvalue weighted by Gasteiger charge is -2.35. The van der Waals surface area contributed by atoms with Crippen LogP contribution >= 0.6 is 11.6 Å². The van der Waals surface area contributed by atoms with Gasteiger partial charge >= 0.3 is 0 Å². The number of alkyl halides is 1. The van der Waals surface area contributed by atoms with Crippen LogP contribution < -0.4 is 5.32 Å². The predicted molar refractivity (Wildman–Crippen MR) is 79.8 cm³/mol. The lowest BCUT2D eigenvalue weighted by Crippen LogP contribution is -2.40. The van der Waals surface area contributed by atoms with Crippen molar-refractivity contribution in [3.8, 4) is 0 Å². The molecule has 2 nitrogen and oxygen atoms in total. The van der Waals surface area contributed by atoms with Gasteiger partial charge in [0.25, 0.3) is 5.91 Å². The highest BCUT2D eigenvalue weighted by Crippen LogP contribution is 2.36. The third-order valence-corrected chi connectivity index (χ3v) is 4.70. The van der Waals surface area contributed by atoms with Crippen molar-refractivity contribution in [3.63, 3.8) is 0 Å². The van der Waals surface area contributed by atoms with Crippen molar-refractivity contribution in [1.29, 1.82) is 0 Å². The molecule has 19 heavy (non-hydrogen) atoms. The van der Waals surface area contributed by atoms with E-state index in [1.807, 2.05) is 31.2 Å². The lowest BCUT2D eigenvalue weighted by atomic mass is 9.75. The van der Waals surface area contributed by atoms with Gasteiger partial charge in [-0.15, -0.1) is 11.6 Å². The second-order valence-corrected chi connectivity index (χ2v) is 6.01. The lowest BCUT2D eigenvalue weighted by molar-refractivity contribution is 0.0921. The summed E-state index contributed by atoms with van der Waals surface area (Å²) in [5.74, 6) is 0.649. The van der Waals surface area contributed by atoms with Crippen molar-refractivity contribution in [2.24, 2.45) is 5.41 Å². The van der Waals surface area contributed by atoms with E-state index in [2.05, 4.69) is 5.32 Å². The highest BCUT2D eigenvalue weighted by molar-refractivity contribution is 6.18.